The Morgan fingerprint density at radius 1 is 1.33 bits per heavy atom. The lowest BCUT2D eigenvalue weighted by atomic mass is 10.6. The van der Waals surface area contributed by atoms with E-state index in [9.17, 15) is 0 Å². The molecule has 0 N–H and O–H groups in total. The first-order chi connectivity index (χ1) is 2.77. The molecule has 0 fully saturated rings. The Labute approximate surface area is 68.6 Å². The molecule has 0 radical (unpaired) electrons. The fourth-order valence-corrected chi connectivity index (χ4v) is 1.53. The predicted octanol–water partition coefficient (Wildman–Crippen LogP) is 3.03. The summed E-state index contributed by atoms with van der Waals surface area (Å²) in [5.74, 6) is 1.32. The molecule has 3 heteroatoms. The van der Waals surface area contributed by atoms with Crippen LogP contribution in [0.4, 0.5) is 0 Å². The Morgan fingerprint density at radius 2 is 1.67 bits per heavy atom. The van der Waals surface area contributed by atoms with E-state index < -0.39 is 0 Å². The topological polar surface area (TPSA) is 0 Å². The smallest absolute Gasteiger partial charge is 0.00871 e. The summed E-state index contributed by atoms with van der Waals surface area (Å²) in [5, 5.41) is 0. The summed E-state index contributed by atoms with van der Waals surface area (Å²) < 4.78 is 0. The molecule has 2 atom stereocenters. The van der Waals surface area contributed by atoms with E-state index in [1.807, 2.05) is 0 Å². The van der Waals surface area contributed by atoms with E-state index in [4.69, 9.17) is 0 Å². The Morgan fingerprint density at radius 3 is 1.67 bits per heavy atom. The Balaban J connectivity index is -0.0000000417. The molecule has 0 spiro atoms. The van der Waals surface area contributed by atoms with Crippen molar-refractivity contribution < 1.29 is 0 Å². The monoisotopic (exact) mass is 188 g/mol. The molecule has 0 heterocycles. The molecular weight excluding hydrogens is 166 g/mol. The van der Waals surface area contributed by atoms with Crippen molar-refractivity contribution in [2.24, 2.45) is 0 Å². The molecule has 0 amide bonds. The van der Waals surface area contributed by atoms with Gasteiger partial charge in [-0.2, -0.15) is 20.0 Å². The van der Waals surface area contributed by atoms with Gasteiger partial charge >= 0.3 is 0 Å². The van der Waals surface area contributed by atoms with Crippen molar-refractivity contribution >= 4 is 28.0 Å². The Hall–Kier alpha value is 1.08. The second kappa shape index (κ2) is 16.0. The average Bonchev–Trinajstić information content (AvgIpc) is 1.35. The molecule has 62 valence electrons. The van der Waals surface area contributed by atoms with Crippen LogP contribution < -0.4 is 0 Å². The van der Waals surface area contributed by atoms with E-state index in [1.54, 1.807) is 0 Å². The van der Waals surface area contributed by atoms with E-state index in [0.717, 1.165) is 0 Å². The van der Waals surface area contributed by atoms with Gasteiger partial charge in [-0.05, 0) is 18.4 Å². The second-order valence-corrected chi connectivity index (χ2v) is 5.11. The zero-order chi connectivity index (χ0) is 4.99. The summed E-state index contributed by atoms with van der Waals surface area (Å²) in [6, 6.07) is 0. The van der Waals surface area contributed by atoms with Gasteiger partial charge < -0.3 is 0 Å². The van der Waals surface area contributed by atoms with Crippen LogP contribution >= 0.6 is 17.9 Å². The van der Waals surface area contributed by atoms with Gasteiger partial charge in [-0.25, -0.2) is 0 Å². The molecule has 0 aromatic rings. The third-order valence-corrected chi connectivity index (χ3v) is 2.14. The fourth-order valence-electron chi connectivity index (χ4n) is 0.306. The highest BCUT2D eigenvalue weighted by atomic mass is 32.5. The highest BCUT2D eigenvalue weighted by molar-refractivity contribution is 8.15. The quantitative estimate of drug-likeness (QED) is 0.584. The summed E-state index contributed by atoms with van der Waals surface area (Å²) in [5.41, 5.74) is 0. The third-order valence-electron chi connectivity index (χ3n) is 0.510. The minimum atomic E-state index is 0. The number of rotatable bonds is 2. The minimum absolute atomic E-state index is 0. The minimum Gasteiger partial charge on any atom is -0.169 e. The summed E-state index contributed by atoms with van der Waals surface area (Å²) >= 11 is 0. The van der Waals surface area contributed by atoms with Crippen LogP contribution in [0.25, 0.3) is 0 Å². The van der Waals surface area contributed by atoms with Crippen molar-refractivity contribution in [3.8, 4) is 0 Å². The highest BCUT2D eigenvalue weighted by Gasteiger charge is 1.74. The van der Waals surface area contributed by atoms with Gasteiger partial charge in [0.05, 0.1) is 0 Å². The van der Waals surface area contributed by atoms with Gasteiger partial charge in [-0.3, -0.25) is 0 Å². The zero-order valence-corrected chi connectivity index (χ0v) is 8.26. The molecule has 0 aliphatic heterocycles. The first-order valence-corrected chi connectivity index (χ1v) is 5.13. The summed E-state index contributed by atoms with van der Waals surface area (Å²) in [6.45, 7) is 2.20. The molecule has 0 aliphatic rings. The van der Waals surface area contributed by atoms with Crippen LogP contribution in [0.5, 0.6) is 0 Å². The lowest BCUT2D eigenvalue weighted by Crippen LogP contribution is -1.84. The Kier molecular flexibility index (Phi) is 40.1. The molecule has 0 saturated carbocycles. The predicted molar refractivity (Wildman–Crippen MR) is 61.3 cm³/mol. The molecule has 0 rings (SSSR count). The number of hydrogen-bond donors (Lipinski definition) is 0. The first kappa shape index (κ1) is 22.5. The van der Waals surface area contributed by atoms with Gasteiger partial charge in [0.25, 0.3) is 0 Å². The lowest BCUT2D eigenvalue weighted by Gasteiger charge is -1.89. The van der Waals surface area contributed by atoms with E-state index in [0.29, 0.717) is 10.1 Å². The van der Waals surface area contributed by atoms with Crippen molar-refractivity contribution in [2.75, 3.05) is 12.0 Å². The second-order valence-electron chi connectivity index (χ2n) is 1.34. The first-order valence-electron chi connectivity index (χ1n) is 2.11. The average molecular weight is 188 g/mol. The van der Waals surface area contributed by atoms with Crippen molar-refractivity contribution in [2.45, 2.75) is 28.2 Å². The van der Waals surface area contributed by atoms with Gasteiger partial charge in [0.15, 0.2) is 0 Å². The van der Waals surface area contributed by atoms with Gasteiger partial charge in [-0.15, -0.1) is 0 Å². The van der Waals surface area contributed by atoms with Crippen LogP contribution in [-0.4, -0.2) is 12.0 Å². The molecular formula is C6H22P2S. The lowest BCUT2D eigenvalue weighted by molar-refractivity contribution is 1.11. The molecule has 0 aliphatic carbocycles. The summed E-state index contributed by atoms with van der Waals surface area (Å²) in [6.07, 6.45) is 3.49. The molecule has 0 nitrogen and oxygen atoms in total. The number of hydrogen-bond acceptors (Lipinski definition) is 0. The van der Waals surface area contributed by atoms with Crippen LogP contribution in [0.2, 0.25) is 0 Å². The normalized spacial score (nSPS) is 9.56. The van der Waals surface area contributed by atoms with E-state index in [1.165, 1.54) is 12.2 Å². The van der Waals surface area contributed by atoms with E-state index in [-0.39, 0.29) is 24.8 Å². The van der Waals surface area contributed by atoms with E-state index in [2.05, 4.69) is 21.2 Å². The van der Waals surface area contributed by atoms with Crippen LogP contribution in [0, 0.1) is 0 Å². The van der Waals surface area contributed by atoms with Gasteiger partial charge in [-0.1, -0.05) is 29.8 Å². The van der Waals surface area contributed by atoms with Crippen molar-refractivity contribution in [1.29, 1.82) is 0 Å². The van der Waals surface area contributed by atoms with Crippen molar-refractivity contribution in [1.82, 2.24) is 0 Å². The third kappa shape index (κ3) is 27.3. The van der Waals surface area contributed by atoms with Crippen LogP contribution in [0.3, 0.4) is 0 Å². The maximum Gasteiger partial charge on any atom is -0.00871 e. The van der Waals surface area contributed by atoms with Crippen LogP contribution in [0.15, 0.2) is 0 Å². The molecule has 0 aromatic heterocycles. The molecule has 0 aromatic carbocycles. The maximum atomic E-state index is 3.51. The molecule has 0 saturated heterocycles. The van der Waals surface area contributed by atoms with Gasteiger partial charge in [0, 0.05) is 0 Å². The SMILES string of the molecule is C.C.CCCS(C)=P.P. The molecule has 0 bridgehead atoms. The molecule has 9 heavy (non-hydrogen) atoms. The van der Waals surface area contributed by atoms with Crippen LogP contribution in [0.1, 0.15) is 28.2 Å². The fraction of sp³-hybridized carbons (Fsp3) is 1.00. The van der Waals surface area contributed by atoms with Crippen molar-refractivity contribution in [3.63, 3.8) is 0 Å². The van der Waals surface area contributed by atoms with Crippen molar-refractivity contribution in [3.05, 3.63) is 0 Å². The largest absolute Gasteiger partial charge is 0.169 e. The highest BCUT2D eigenvalue weighted by Crippen LogP contribution is 1.85. The van der Waals surface area contributed by atoms with Crippen LogP contribution in [-0.2, 0) is 10.1 Å². The maximum absolute atomic E-state index is 3.51. The van der Waals surface area contributed by atoms with E-state index >= 15 is 0 Å². The zero-order valence-electron chi connectivity index (χ0n) is 5.03. The van der Waals surface area contributed by atoms with Gasteiger partial charge in [0.1, 0.15) is 0 Å². The summed E-state index contributed by atoms with van der Waals surface area (Å²) in [7, 11) is 4.00. The Bertz CT molecular complexity index is 55.0. The molecule has 2 unspecified atom stereocenters. The standard InChI is InChI=1S/C4H11PS.2CH4.H3P/c1-3-4-6(2)5;;;/h5H,3-4H2,1-2H3;2*1H4;1H3. The van der Waals surface area contributed by atoms with Gasteiger partial charge in [0.2, 0.25) is 0 Å². The summed E-state index contributed by atoms with van der Waals surface area (Å²) in [4.78, 5) is 0.